The molecule has 0 bridgehead atoms. The van der Waals surface area contributed by atoms with Crippen LogP contribution in [0.15, 0.2) is 36.4 Å². The molecule has 2 aromatic rings. The smallest absolute Gasteiger partial charge is 0.310 e. The van der Waals surface area contributed by atoms with E-state index in [0.717, 1.165) is 5.56 Å². The lowest BCUT2D eigenvalue weighted by Crippen LogP contribution is -2.14. The summed E-state index contributed by atoms with van der Waals surface area (Å²) in [6.45, 7) is 4.59. The number of carbonyl (C=O) groups excluding carboxylic acids is 1. The summed E-state index contributed by atoms with van der Waals surface area (Å²) in [5, 5.41) is 19.1. The molecule has 0 aromatic heterocycles. The first-order valence-corrected chi connectivity index (χ1v) is 10.9. The van der Waals surface area contributed by atoms with Crippen molar-refractivity contribution in [1.82, 2.24) is 0 Å². The van der Waals surface area contributed by atoms with E-state index in [4.69, 9.17) is 19.3 Å². The number of aliphatic hydroxyl groups excluding tert-OH is 1. The predicted octanol–water partition coefficient (Wildman–Crippen LogP) is 4.46. The van der Waals surface area contributed by atoms with E-state index in [1.807, 2.05) is 19.9 Å². The average molecular weight is 475 g/mol. The molecule has 0 saturated heterocycles. The van der Waals surface area contributed by atoms with Crippen molar-refractivity contribution >= 4 is 17.8 Å². The molecule has 8 heteroatoms. The number of Topliss-reactive ketones (excluding diaryl/α,β-unsaturated/α-hetero) is 1. The van der Waals surface area contributed by atoms with Gasteiger partial charge in [0.2, 0.25) is 0 Å². The second kappa shape index (κ2) is 12.9. The topological polar surface area (TPSA) is 102 Å². The number of hydrogen-bond donors (Lipinski definition) is 2. The van der Waals surface area contributed by atoms with E-state index in [2.05, 4.69) is 0 Å². The van der Waals surface area contributed by atoms with Gasteiger partial charge in [0.05, 0.1) is 19.8 Å². The van der Waals surface area contributed by atoms with Gasteiger partial charge in [-0.2, -0.15) is 0 Å². The molecule has 0 aliphatic carbocycles. The van der Waals surface area contributed by atoms with Crippen LogP contribution in [0.2, 0.25) is 0 Å². The first-order valence-electron chi connectivity index (χ1n) is 10.9. The second-order valence-electron chi connectivity index (χ2n) is 8.03. The van der Waals surface area contributed by atoms with Gasteiger partial charge < -0.3 is 24.4 Å². The van der Waals surface area contributed by atoms with Crippen molar-refractivity contribution in [2.45, 2.75) is 38.7 Å². The van der Waals surface area contributed by atoms with Gasteiger partial charge in [0.25, 0.3) is 0 Å². The normalized spacial score (nSPS) is 12.2. The molecular formula is C26H31FO7. The van der Waals surface area contributed by atoms with E-state index in [1.54, 1.807) is 25.3 Å². The summed E-state index contributed by atoms with van der Waals surface area (Å²) in [7, 11) is 3.09. The third kappa shape index (κ3) is 7.40. The lowest BCUT2D eigenvalue weighted by atomic mass is 9.88. The Morgan fingerprint density at radius 3 is 2.35 bits per heavy atom. The zero-order chi connectivity index (χ0) is 25.3. The van der Waals surface area contributed by atoms with Gasteiger partial charge in [-0.15, -0.1) is 0 Å². The predicted molar refractivity (Wildman–Crippen MR) is 127 cm³/mol. The SMILES string of the molecule is COCCOc1c(OC)cc(C(C)C)c(C=CC(O)CC(=O)CC(=O)O)c1-c1ccc(F)cc1. The second-order valence-corrected chi connectivity index (χ2v) is 8.03. The molecule has 0 heterocycles. The van der Waals surface area contributed by atoms with Crippen LogP contribution in [0.25, 0.3) is 17.2 Å². The third-order valence-corrected chi connectivity index (χ3v) is 5.10. The summed E-state index contributed by atoms with van der Waals surface area (Å²) < 4.78 is 30.4. The molecule has 1 unspecified atom stereocenters. The van der Waals surface area contributed by atoms with Gasteiger partial charge in [0.15, 0.2) is 11.5 Å². The fourth-order valence-electron chi connectivity index (χ4n) is 3.51. The van der Waals surface area contributed by atoms with Gasteiger partial charge in [-0.1, -0.05) is 38.1 Å². The molecule has 2 aromatic carbocycles. The number of carboxylic acid groups (broad SMARTS) is 1. The number of hydrogen-bond acceptors (Lipinski definition) is 6. The van der Waals surface area contributed by atoms with Crippen molar-refractivity contribution < 1.29 is 38.4 Å². The minimum atomic E-state index is -1.24. The minimum Gasteiger partial charge on any atom is -0.493 e. The molecule has 2 N–H and O–H groups in total. The number of benzene rings is 2. The molecule has 0 saturated carbocycles. The maximum Gasteiger partial charge on any atom is 0.310 e. The summed E-state index contributed by atoms with van der Waals surface area (Å²) in [5.74, 6) is -1.23. The Labute approximate surface area is 198 Å². The van der Waals surface area contributed by atoms with Gasteiger partial charge in [-0.05, 0) is 40.8 Å². The van der Waals surface area contributed by atoms with Crippen LogP contribution in [-0.2, 0) is 14.3 Å². The average Bonchev–Trinajstić information content (AvgIpc) is 2.77. The van der Waals surface area contributed by atoms with Crippen LogP contribution in [0.4, 0.5) is 4.39 Å². The Bertz CT molecular complexity index is 1010. The van der Waals surface area contributed by atoms with Gasteiger partial charge >= 0.3 is 5.97 Å². The standard InChI is InChI=1S/C26H31FO7/c1-16(2)22-15-23(33-4)26(34-12-11-32-3)25(17-5-7-18(27)8-6-17)21(22)10-9-19(28)13-20(29)14-24(30)31/h5-10,15-16,19,28H,11-14H2,1-4H3,(H,30,31). The highest BCUT2D eigenvalue weighted by molar-refractivity contribution is 5.95. The maximum absolute atomic E-state index is 13.7. The van der Waals surface area contributed by atoms with E-state index >= 15 is 0 Å². The Balaban J connectivity index is 2.65. The molecule has 34 heavy (non-hydrogen) atoms. The summed E-state index contributed by atoms with van der Waals surface area (Å²) in [4.78, 5) is 22.5. The quantitative estimate of drug-likeness (QED) is 0.326. The highest BCUT2D eigenvalue weighted by atomic mass is 19.1. The summed E-state index contributed by atoms with van der Waals surface area (Å²) in [6.07, 6.45) is 0.976. The lowest BCUT2D eigenvalue weighted by molar-refractivity contribution is -0.140. The van der Waals surface area contributed by atoms with E-state index in [1.165, 1.54) is 25.3 Å². The Morgan fingerprint density at radius 2 is 1.79 bits per heavy atom. The van der Waals surface area contributed by atoms with Crippen molar-refractivity contribution in [2.75, 3.05) is 27.4 Å². The van der Waals surface area contributed by atoms with Crippen LogP contribution in [0.3, 0.4) is 0 Å². The fraction of sp³-hybridized carbons (Fsp3) is 0.385. The van der Waals surface area contributed by atoms with Crippen molar-refractivity contribution in [3.05, 3.63) is 53.4 Å². The number of methoxy groups -OCH3 is 2. The first-order chi connectivity index (χ1) is 16.2. The molecule has 0 aliphatic heterocycles. The largest absolute Gasteiger partial charge is 0.493 e. The molecule has 1 atom stereocenters. The highest BCUT2D eigenvalue weighted by Crippen LogP contribution is 2.45. The van der Waals surface area contributed by atoms with Crippen LogP contribution in [0.1, 0.15) is 43.7 Å². The number of aliphatic carboxylic acids is 1. The van der Waals surface area contributed by atoms with Crippen LogP contribution in [0, 0.1) is 5.82 Å². The van der Waals surface area contributed by atoms with Gasteiger partial charge in [-0.3, -0.25) is 9.59 Å². The first kappa shape index (κ1) is 27.0. The number of ketones is 1. The third-order valence-electron chi connectivity index (χ3n) is 5.10. The van der Waals surface area contributed by atoms with Crippen LogP contribution in [0.5, 0.6) is 11.5 Å². The number of halogens is 1. The van der Waals surface area contributed by atoms with E-state index in [0.29, 0.717) is 34.8 Å². The monoisotopic (exact) mass is 474 g/mol. The number of ether oxygens (including phenoxy) is 3. The van der Waals surface area contributed by atoms with E-state index in [-0.39, 0.29) is 24.8 Å². The van der Waals surface area contributed by atoms with Crippen molar-refractivity contribution in [1.29, 1.82) is 0 Å². The zero-order valence-corrected chi connectivity index (χ0v) is 19.8. The Kier molecular flexibility index (Phi) is 10.2. The summed E-state index contributed by atoms with van der Waals surface area (Å²) in [6, 6.07) is 7.79. The van der Waals surface area contributed by atoms with Crippen molar-refractivity contribution in [3.8, 4) is 22.6 Å². The van der Waals surface area contributed by atoms with Crippen LogP contribution < -0.4 is 9.47 Å². The molecule has 0 fully saturated rings. The van der Waals surface area contributed by atoms with Crippen LogP contribution in [-0.4, -0.2) is 55.5 Å². The van der Waals surface area contributed by atoms with E-state index in [9.17, 15) is 19.1 Å². The van der Waals surface area contributed by atoms with E-state index < -0.39 is 24.3 Å². The summed E-state index contributed by atoms with van der Waals surface area (Å²) in [5.41, 5.74) is 2.90. The van der Waals surface area contributed by atoms with Gasteiger partial charge in [0, 0.05) is 19.1 Å². The molecule has 0 aliphatic rings. The molecule has 0 amide bonds. The molecular weight excluding hydrogens is 443 g/mol. The van der Waals surface area contributed by atoms with Crippen molar-refractivity contribution in [2.24, 2.45) is 0 Å². The molecule has 0 spiro atoms. The van der Waals surface area contributed by atoms with Crippen LogP contribution >= 0.6 is 0 Å². The summed E-state index contributed by atoms with van der Waals surface area (Å²) >= 11 is 0. The molecule has 7 nitrogen and oxygen atoms in total. The molecule has 184 valence electrons. The Hall–Kier alpha value is -3.23. The number of aliphatic hydroxyl groups is 1. The number of carbonyl (C=O) groups is 2. The van der Waals surface area contributed by atoms with Crippen molar-refractivity contribution in [3.63, 3.8) is 0 Å². The fourth-order valence-corrected chi connectivity index (χ4v) is 3.51. The minimum absolute atomic E-state index is 0.0477. The zero-order valence-electron chi connectivity index (χ0n) is 19.8. The van der Waals surface area contributed by atoms with Gasteiger partial charge in [-0.25, -0.2) is 4.39 Å². The highest BCUT2D eigenvalue weighted by Gasteiger charge is 2.22. The van der Waals surface area contributed by atoms with Gasteiger partial charge in [0.1, 0.15) is 24.6 Å². The maximum atomic E-state index is 13.7. The molecule has 0 radical (unpaired) electrons. The Morgan fingerprint density at radius 1 is 1.12 bits per heavy atom. The number of carboxylic acids is 1. The molecule has 2 rings (SSSR count). The number of rotatable bonds is 13. The lowest BCUT2D eigenvalue weighted by Gasteiger charge is -2.22.